The summed E-state index contributed by atoms with van der Waals surface area (Å²) in [6.45, 7) is 2.57. The molecule has 2 aromatic carbocycles. The molecule has 0 aromatic heterocycles. The van der Waals surface area contributed by atoms with Crippen LogP contribution in [-0.4, -0.2) is 67.2 Å². The number of methoxy groups -OCH3 is 2. The maximum absolute atomic E-state index is 13.0. The van der Waals surface area contributed by atoms with Crippen molar-refractivity contribution < 1.29 is 54.1 Å². The molecule has 0 fully saturated rings. The number of hydrogen-bond acceptors (Lipinski definition) is 7. The van der Waals surface area contributed by atoms with Crippen molar-refractivity contribution in [3.8, 4) is 17.2 Å². The third kappa shape index (κ3) is 11.7. The maximum atomic E-state index is 13.0. The van der Waals surface area contributed by atoms with Crippen LogP contribution >= 0.6 is 0 Å². The Morgan fingerprint density at radius 1 is 0.833 bits per heavy atom. The number of halogens is 5. The highest BCUT2D eigenvalue weighted by Crippen LogP contribution is 2.50. The molecular formula is C34H48F5NO7S. The van der Waals surface area contributed by atoms with E-state index in [2.05, 4.69) is 29.8 Å². The van der Waals surface area contributed by atoms with Gasteiger partial charge in [-0.15, -0.1) is 0 Å². The van der Waals surface area contributed by atoms with Crippen molar-refractivity contribution in [3.63, 3.8) is 0 Å². The molecule has 48 heavy (non-hydrogen) atoms. The van der Waals surface area contributed by atoms with Crippen molar-refractivity contribution in [2.75, 3.05) is 46.7 Å². The number of sulfonamides is 1. The Hall–Kier alpha value is -2.68. The van der Waals surface area contributed by atoms with Gasteiger partial charge in [-0.3, -0.25) is 0 Å². The third-order valence-corrected chi connectivity index (χ3v) is 10.1. The summed E-state index contributed by atoms with van der Waals surface area (Å²) in [6, 6.07) is 13.9. The molecule has 3 rings (SSSR count). The van der Waals surface area contributed by atoms with Crippen LogP contribution in [0, 0.1) is 0 Å². The zero-order chi connectivity index (χ0) is 35.3. The first-order valence-corrected chi connectivity index (χ1v) is 17.9. The maximum Gasteiger partial charge on any atom is 0.453 e. The molecule has 1 heterocycles. The fourth-order valence-electron chi connectivity index (χ4n) is 5.91. The Morgan fingerprint density at radius 3 is 2.04 bits per heavy atom. The summed E-state index contributed by atoms with van der Waals surface area (Å²) in [6.07, 6.45) is -0.949. The number of alkyl halides is 5. The van der Waals surface area contributed by atoms with Crippen molar-refractivity contribution in [1.29, 1.82) is 0 Å². The van der Waals surface area contributed by atoms with E-state index in [-0.39, 0.29) is 30.7 Å². The van der Waals surface area contributed by atoms with E-state index in [1.54, 1.807) is 14.2 Å². The van der Waals surface area contributed by atoms with Gasteiger partial charge in [0.2, 0.25) is 10.0 Å². The van der Waals surface area contributed by atoms with E-state index in [0.717, 1.165) is 61.2 Å². The lowest BCUT2D eigenvalue weighted by Crippen LogP contribution is -2.40. The summed E-state index contributed by atoms with van der Waals surface area (Å²) in [5.41, 5.74) is 1.98. The van der Waals surface area contributed by atoms with Gasteiger partial charge >= 0.3 is 12.1 Å². The summed E-state index contributed by atoms with van der Waals surface area (Å²) in [5.74, 6) is -2.65. The molecule has 0 spiro atoms. The second-order valence-electron chi connectivity index (χ2n) is 12.4. The van der Waals surface area contributed by atoms with Crippen LogP contribution in [0.4, 0.5) is 22.0 Å². The van der Waals surface area contributed by atoms with Crippen molar-refractivity contribution in [2.24, 2.45) is 0 Å². The van der Waals surface area contributed by atoms with E-state index in [0.29, 0.717) is 25.2 Å². The summed E-state index contributed by atoms with van der Waals surface area (Å²) >= 11 is 0. The molecule has 0 radical (unpaired) electrons. The van der Waals surface area contributed by atoms with Crippen LogP contribution in [-0.2, 0) is 24.9 Å². The average Bonchev–Trinajstić information content (AvgIpc) is 3.04. The lowest BCUT2D eigenvalue weighted by molar-refractivity contribution is -0.284. The molecule has 1 aliphatic rings. The van der Waals surface area contributed by atoms with Gasteiger partial charge in [0, 0.05) is 44.6 Å². The first-order chi connectivity index (χ1) is 22.7. The van der Waals surface area contributed by atoms with Gasteiger partial charge in [-0.2, -0.15) is 22.0 Å². The summed E-state index contributed by atoms with van der Waals surface area (Å²) < 4.78 is 117. The average molecular weight is 710 g/mol. The van der Waals surface area contributed by atoms with Gasteiger partial charge in [-0.05, 0) is 48.6 Å². The topological polar surface area (TPSA) is 92.3 Å². The van der Waals surface area contributed by atoms with Crippen molar-refractivity contribution in [3.05, 3.63) is 53.6 Å². The summed E-state index contributed by atoms with van der Waals surface area (Å²) in [7, 11) is -0.593. The predicted octanol–water partition coefficient (Wildman–Crippen LogP) is 8.10. The largest absolute Gasteiger partial charge is 0.492 e. The fraction of sp³-hybridized carbons (Fsp3) is 0.647. The van der Waals surface area contributed by atoms with Crippen LogP contribution in [0.25, 0.3) is 0 Å². The molecule has 272 valence electrons. The number of benzene rings is 2. The van der Waals surface area contributed by atoms with E-state index >= 15 is 0 Å². The van der Waals surface area contributed by atoms with Gasteiger partial charge in [0.15, 0.2) is 13.6 Å². The minimum atomic E-state index is -5.64. The Labute approximate surface area is 280 Å². The van der Waals surface area contributed by atoms with Gasteiger partial charge in [0.25, 0.3) is 0 Å². The minimum absolute atomic E-state index is 0.141. The number of nitrogens with one attached hydrogen (secondary N) is 1. The van der Waals surface area contributed by atoms with Gasteiger partial charge in [0.1, 0.15) is 17.2 Å². The predicted molar refractivity (Wildman–Crippen MR) is 172 cm³/mol. The number of hydrogen-bond donors (Lipinski definition) is 1. The van der Waals surface area contributed by atoms with Crippen molar-refractivity contribution in [1.82, 2.24) is 4.72 Å². The van der Waals surface area contributed by atoms with E-state index in [1.807, 2.05) is 24.3 Å². The monoisotopic (exact) mass is 709 g/mol. The first kappa shape index (κ1) is 39.8. The van der Waals surface area contributed by atoms with Gasteiger partial charge in [-0.1, -0.05) is 63.6 Å². The lowest BCUT2D eigenvalue weighted by Gasteiger charge is -2.43. The quantitative estimate of drug-likeness (QED) is 0.0751. The van der Waals surface area contributed by atoms with Crippen molar-refractivity contribution >= 4 is 10.0 Å². The van der Waals surface area contributed by atoms with Gasteiger partial charge in [-0.25, -0.2) is 13.1 Å². The molecule has 1 aliphatic heterocycles. The normalized spacial score (nSPS) is 18.3. The number of fused-ring (bicyclic) bond motifs is 1. The highest BCUT2D eigenvalue weighted by atomic mass is 32.2. The van der Waals surface area contributed by atoms with Crippen LogP contribution in [0.2, 0.25) is 0 Å². The summed E-state index contributed by atoms with van der Waals surface area (Å²) in [5, 5.41) is 0. The molecule has 0 amide bonds. The molecule has 0 aliphatic carbocycles. The molecular weight excluding hydrogens is 661 g/mol. The van der Waals surface area contributed by atoms with E-state index in [9.17, 15) is 30.4 Å². The Kier molecular flexibility index (Phi) is 15.2. The van der Waals surface area contributed by atoms with Crippen LogP contribution in [0.3, 0.4) is 0 Å². The molecule has 0 bridgehead atoms. The smallest absolute Gasteiger partial charge is 0.453 e. The second kappa shape index (κ2) is 18.4. The number of ether oxygens (including phenoxy) is 5. The van der Waals surface area contributed by atoms with Crippen LogP contribution < -0.4 is 18.9 Å². The molecule has 8 nitrogen and oxygen atoms in total. The second-order valence-corrected chi connectivity index (χ2v) is 14.3. The molecule has 2 unspecified atom stereocenters. The lowest BCUT2D eigenvalue weighted by atomic mass is 9.66. The summed E-state index contributed by atoms with van der Waals surface area (Å²) in [4.78, 5) is 0. The number of rotatable bonds is 22. The SMILES string of the molecule is COCOc1ccc(C2(C)COc3cc(OCOC)ccc3C2CCCCCCCCCS(=O)(=O)NCCCC(F)(F)C(F)(F)F)cc1. The van der Waals surface area contributed by atoms with Gasteiger partial charge in [0.05, 0.1) is 12.4 Å². The molecule has 2 atom stereocenters. The van der Waals surface area contributed by atoms with Gasteiger partial charge < -0.3 is 23.7 Å². The fourth-order valence-corrected chi connectivity index (χ4v) is 7.09. The molecule has 1 N–H and O–H groups in total. The van der Waals surface area contributed by atoms with E-state index < -0.39 is 41.5 Å². The Balaban J connectivity index is 1.47. The van der Waals surface area contributed by atoms with Crippen LogP contribution in [0.5, 0.6) is 17.2 Å². The minimum Gasteiger partial charge on any atom is -0.492 e. The van der Waals surface area contributed by atoms with Crippen molar-refractivity contribution in [2.45, 2.75) is 94.6 Å². The Morgan fingerprint density at radius 2 is 1.42 bits per heavy atom. The number of unbranched alkanes of at least 4 members (excludes halogenated alkanes) is 6. The highest BCUT2D eigenvalue weighted by molar-refractivity contribution is 7.89. The first-order valence-electron chi connectivity index (χ1n) is 16.2. The zero-order valence-electron chi connectivity index (χ0n) is 27.9. The van der Waals surface area contributed by atoms with E-state index in [4.69, 9.17) is 23.7 Å². The zero-order valence-corrected chi connectivity index (χ0v) is 28.7. The Bertz CT molecular complexity index is 1360. The molecule has 2 aromatic rings. The molecule has 0 saturated heterocycles. The van der Waals surface area contributed by atoms with Crippen LogP contribution in [0.15, 0.2) is 42.5 Å². The highest BCUT2D eigenvalue weighted by Gasteiger charge is 2.56. The third-order valence-electron chi connectivity index (χ3n) is 8.67. The van der Waals surface area contributed by atoms with Crippen LogP contribution in [0.1, 0.15) is 88.2 Å². The molecule has 14 heteroatoms. The standard InChI is InChI=1S/C34H48F5NO7S/c1-32(26-13-15-27(16-14-26)46-24-43-2)23-45-31-22-28(47-25-44-3)17-18-29(31)30(32)12-9-7-5-4-6-8-10-21-48(41,42)40-20-11-19-33(35,36)34(37,38)39/h13-18,22,30,40H,4-12,19-21,23-25H2,1-3H3. The van der Waals surface area contributed by atoms with E-state index in [1.165, 1.54) is 0 Å². The molecule has 0 saturated carbocycles.